The molecule has 0 unspecified atom stereocenters. The summed E-state index contributed by atoms with van der Waals surface area (Å²) in [5.41, 5.74) is 6.51. The quantitative estimate of drug-likeness (QED) is 0.784. The lowest BCUT2D eigenvalue weighted by molar-refractivity contribution is -0.127. The second-order valence-electron chi connectivity index (χ2n) is 5.05. The molecule has 0 fully saturated rings. The third-order valence-electron chi connectivity index (χ3n) is 3.31. The zero-order valence-corrected chi connectivity index (χ0v) is 13.4. The molecule has 1 heterocycles. The molecule has 0 bridgehead atoms. The van der Waals surface area contributed by atoms with Crippen LogP contribution in [0.3, 0.4) is 0 Å². The fraction of sp³-hybridized carbons (Fsp3) is 0.235. The Morgan fingerprint density at radius 1 is 1.33 bits per heavy atom. The third-order valence-corrected chi connectivity index (χ3v) is 3.31. The van der Waals surface area contributed by atoms with E-state index in [0.29, 0.717) is 24.3 Å². The fourth-order valence-corrected chi connectivity index (χ4v) is 2.01. The van der Waals surface area contributed by atoms with Crippen LogP contribution in [0.2, 0.25) is 0 Å². The minimum Gasteiger partial charge on any atom is -0.383 e. The van der Waals surface area contributed by atoms with Crippen molar-refractivity contribution in [3.05, 3.63) is 59.7 Å². The lowest BCUT2D eigenvalue weighted by Gasteiger charge is -2.21. The van der Waals surface area contributed by atoms with Gasteiger partial charge in [-0.15, -0.1) is 0 Å². The number of hydrogen-bond acceptors (Lipinski definition) is 5. The molecule has 126 valence electrons. The molecule has 7 heteroatoms. The summed E-state index contributed by atoms with van der Waals surface area (Å²) in [7, 11) is 1.55. The van der Waals surface area contributed by atoms with Crippen LogP contribution in [0.4, 0.5) is 10.3 Å². The van der Waals surface area contributed by atoms with Crippen LogP contribution in [-0.4, -0.2) is 41.0 Å². The van der Waals surface area contributed by atoms with E-state index in [1.54, 1.807) is 31.4 Å². The first kappa shape index (κ1) is 17.6. The Labute approximate surface area is 139 Å². The highest BCUT2D eigenvalue weighted by atomic mass is 19.1. The highest BCUT2D eigenvalue weighted by Gasteiger charge is 2.13. The van der Waals surface area contributed by atoms with Gasteiger partial charge in [0.2, 0.25) is 11.9 Å². The van der Waals surface area contributed by atoms with E-state index in [4.69, 9.17) is 10.5 Å². The van der Waals surface area contributed by atoms with Crippen LogP contribution in [0, 0.1) is 5.82 Å². The van der Waals surface area contributed by atoms with Crippen molar-refractivity contribution in [2.24, 2.45) is 0 Å². The summed E-state index contributed by atoms with van der Waals surface area (Å²) in [5.74, 6) is -0.435. The highest BCUT2D eigenvalue weighted by Crippen LogP contribution is 2.11. The van der Waals surface area contributed by atoms with Gasteiger partial charge in [-0.3, -0.25) is 4.79 Å². The third kappa shape index (κ3) is 5.13. The van der Waals surface area contributed by atoms with E-state index in [9.17, 15) is 9.18 Å². The summed E-state index contributed by atoms with van der Waals surface area (Å²) in [6.07, 6.45) is 6.01. The fourth-order valence-electron chi connectivity index (χ4n) is 2.01. The Bertz CT molecular complexity index is 704. The van der Waals surface area contributed by atoms with E-state index in [0.717, 1.165) is 0 Å². The summed E-state index contributed by atoms with van der Waals surface area (Å²) in [6, 6.07) is 6.37. The van der Waals surface area contributed by atoms with Gasteiger partial charge in [-0.05, 0) is 12.1 Å². The van der Waals surface area contributed by atoms with Gasteiger partial charge in [-0.2, -0.15) is 0 Å². The monoisotopic (exact) mass is 330 g/mol. The average molecular weight is 330 g/mol. The second kappa shape index (κ2) is 8.73. The molecule has 1 amide bonds. The number of hydrogen-bond donors (Lipinski definition) is 1. The Morgan fingerprint density at radius 3 is 2.71 bits per heavy atom. The second-order valence-corrected chi connectivity index (χ2v) is 5.05. The Hall–Kier alpha value is -2.80. The standard InChI is InChI=1S/C17H19FN4O2/c1-24-9-8-22(12-14-4-2-3-5-15(14)18)16(23)7-6-13-10-20-17(19)21-11-13/h2-7,10-11H,8-9,12H2,1H3,(H2,19,20,21). The number of benzene rings is 1. The van der Waals surface area contributed by atoms with E-state index in [1.807, 2.05) is 0 Å². The molecule has 2 aromatic rings. The average Bonchev–Trinajstić information content (AvgIpc) is 2.59. The SMILES string of the molecule is COCCN(Cc1ccccc1F)C(=O)C=Cc1cnc(N)nc1. The zero-order chi connectivity index (χ0) is 17.4. The molecule has 1 aromatic carbocycles. The molecule has 6 nitrogen and oxygen atoms in total. The largest absolute Gasteiger partial charge is 0.383 e. The highest BCUT2D eigenvalue weighted by molar-refractivity contribution is 5.91. The number of carbonyl (C=O) groups excluding carboxylic acids is 1. The van der Waals surface area contributed by atoms with Gasteiger partial charge in [0.15, 0.2) is 0 Å². The minimum absolute atomic E-state index is 0.164. The summed E-state index contributed by atoms with van der Waals surface area (Å²) in [4.78, 5) is 21.6. The number of nitrogen functional groups attached to an aromatic ring is 1. The summed E-state index contributed by atoms with van der Waals surface area (Å²) < 4.78 is 18.8. The van der Waals surface area contributed by atoms with Crippen LogP contribution >= 0.6 is 0 Å². The Morgan fingerprint density at radius 2 is 2.04 bits per heavy atom. The molecular weight excluding hydrogens is 311 g/mol. The van der Waals surface area contributed by atoms with Crippen LogP contribution in [0.1, 0.15) is 11.1 Å². The maximum atomic E-state index is 13.8. The number of ether oxygens (including phenoxy) is 1. The predicted octanol–water partition coefficient (Wildman–Crippen LogP) is 1.89. The first-order valence-electron chi connectivity index (χ1n) is 7.37. The number of rotatable bonds is 7. The van der Waals surface area contributed by atoms with Gasteiger partial charge in [0.05, 0.1) is 6.61 Å². The first-order chi connectivity index (χ1) is 11.6. The van der Waals surface area contributed by atoms with Crippen molar-refractivity contribution in [1.82, 2.24) is 14.9 Å². The van der Waals surface area contributed by atoms with Crippen LogP contribution in [0.25, 0.3) is 6.08 Å². The number of carbonyl (C=O) groups is 1. The molecule has 0 spiro atoms. The smallest absolute Gasteiger partial charge is 0.246 e. The Kier molecular flexibility index (Phi) is 6.39. The summed E-state index contributed by atoms with van der Waals surface area (Å²) >= 11 is 0. The van der Waals surface area contributed by atoms with Crippen molar-refractivity contribution in [2.75, 3.05) is 26.0 Å². The molecule has 2 N–H and O–H groups in total. The molecule has 2 rings (SSSR count). The van der Waals surface area contributed by atoms with Gasteiger partial charge in [0.25, 0.3) is 0 Å². The van der Waals surface area contributed by atoms with Crippen molar-refractivity contribution in [3.63, 3.8) is 0 Å². The molecule has 0 aliphatic heterocycles. The summed E-state index contributed by atoms with van der Waals surface area (Å²) in [5, 5.41) is 0. The van der Waals surface area contributed by atoms with E-state index >= 15 is 0 Å². The van der Waals surface area contributed by atoms with Gasteiger partial charge in [-0.25, -0.2) is 14.4 Å². The van der Waals surface area contributed by atoms with Crippen molar-refractivity contribution in [1.29, 1.82) is 0 Å². The maximum absolute atomic E-state index is 13.8. The van der Waals surface area contributed by atoms with Gasteiger partial charge < -0.3 is 15.4 Å². The van der Waals surface area contributed by atoms with Gasteiger partial charge in [-0.1, -0.05) is 18.2 Å². The molecule has 0 radical (unpaired) electrons. The van der Waals surface area contributed by atoms with E-state index in [-0.39, 0.29) is 24.2 Å². The Balaban J connectivity index is 2.09. The topological polar surface area (TPSA) is 81.3 Å². The number of methoxy groups -OCH3 is 1. The molecule has 0 aliphatic rings. The number of nitrogens with zero attached hydrogens (tertiary/aromatic N) is 3. The molecule has 0 saturated carbocycles. The predicted molar refractivity (Wildman–Crippen MR) is 89.2 cm³/mol. The first-order valence-corrected chi connectivity index (χ1v) is 7.37. The maximum Gasteiger partial charge on any atom is 0.246 e. The van der Waals surface area contributed by atoms with Gasteiger partial charge in [0.1, 0.15) is 5.82 Å². The number of amides is 1. The lowest BCUT2D eigenvalue weighted by Crippen LogP contribution is -2.32. The number of nitrogens with two attached hydrogens (primary N) is 1. The minimum atomic E-state index is -0.344. The number of anilines is 1. The van der Waals surface area contributed by atoms with Crippen LogP contribution in [-0.2, 0) is 16.1 Å². The van der Waals surface area contributed by atoms with Gasteiger partial charge >= 0.3 is 0 Å². The molecule has 0 saturated heterocycles. The molecule has 0 atom stereocenters. The van der Waals surface area contributed by atoms with E-state index in [2.05, 4.69) is 9.97 Å². The molecule has 24 heavy (non-hydrogen) atoms. The van der Waals surface area contributed by atoms with Gasteiger partial charge in [0, 0.05) is 49.8 Å². The summed E-state index contributed by atoms with van der Waals surface area (Å²) in [6.45, 7) is 0.878. The molecular formula is C17H19FN4O2. The van der Waals surface area contributed by atoms with Crippen LogP contribution < -0.4 is 5.73 Å². The molecule has 1 aromatic heterocycles. The zero-order valence-electron chi connectivity index (χ0n) is 13.4. The van der Waals surface area contributed by atoms with Crippen molar-refractivity contribution < 1.29 is 13.9 Å². The molecule has 0 aliphatic carbocycles. The van der Waals surface area contributed by atoms with Crippen molar-refractivity contribution >= 4 is 17.9 Å². The van der Waals surface area contributed by atoms with Crippen molar-refractivity contribution in [3.8, 4) is 0 Å². The van der Waals surface area contributed by atoms with Crippen molar-refractivity contribution in [2.45, 2.75) is 6.54 Å². The number of aromatic nitrogens is 2. The van der Waals surface area contributed by atoms with Crippen LogP contribution in [0.15, 0.2) is 42.7 Å². The van der Waals surface area contributed by atoms with E-state index < -0.39 is 0 Å². The number of halogens is 1. The normalized spacial score (nSPS) is 10.9. The van der Waals surface area contributed by atoms with Crippen LogP contribution in [0.5, 0.6) is 0 Å². The lowest BCUT2D eigenvalue weighted by atomic mass is 10.2. The van der Waals surface area contributed by atoms with E-state index in [1.165, 1.54) is 29.4 Å².